The number of aromatic amines is 1. The maximum absolute atomic E-state index is 12.5. The Labute approximate surface area is 179 Å². The van der Waals surface area contributed by atoms with Gasteiger partial charge in [-0.25, -0.2) is 9.78 Å². The van der Waals surface area contributed by atoms with Crippen LogP contribution >= 0.6 is 11.8 Å². The standard InChI is InChI=1S/C22H21N3O4S/c1-13-19(22(26)28-3)20(16(11-23)21(24)29-13)14-7-8-17(27-2)15(10-14)12-30-18-6-4-5-9-25-18/h4-10,20H,12,24H2,1-3H3/p+1. The summed E-state index contributed by atoms with van der Waals surface area (Å²) in [6.45, 7) is 1.63. The summed E-state index contributed by atoms with van der Waals surface area (Å²) >= 11 is 1.61. The summed E-state index contributed by atoms with van der Waals surface area (Å²) in [6, 6.07) is 13.5. The van der Waals surface area contributed by atoms with E-state index >= 15 is 0 Å². The molecular weight excluding hydrogens is 402 g/mol. The van der Waals surface area contributed by atoms with Gasteiger partial charge in [0, 0.05) is 23.4 Å². The van der Waals surface area contributed by atoms with Gasteiger partial charge in [-0.05, 0) is 24.6 Å². The lowest BCUT2D eigenvalue weighted by atomic mass is 9.82. The highest BCUT2D eigenvalue weighted by molar-refractivity contribution is 7.98. The second kappa shape index (κ2) is 9.37. The predicted molar refractivity (Wildman–Crippen MR) is 111 cm³/mol. The molecule has 30 heavy (non-hydrogen) atoms. The average molecular weight is 425 g/mol. The molecule has 1 atom stereocenters. The molecule has 3 N–H and O–H groups in total. The van der Waals surface area contributed by atoms with E-state index in [9.17, 15) is 10.1 Å². The van der Waals surface area contributed by atoms with Crippen LogP contribution < -0.4 is 15.5 Å². The fourth-order valence-electron chi connectivity index (χ4n) is 3.30. The number of H-pyrrole nitrogens is 1. The van der Waals surface area contributed by atoms with Crippen molar-refractivity contribution in [2.45, 2.75) is 23.6 Å². The van der Waals surface area contributed by atoms with Gasteiger partial charge in [0.25, 0.3) is 0 Å². The van der Waals surface area contributed by atoms with Gasteiger partial charge in [0.2, 0.25) is 10.9 Å². The van der Waals surface area contributed by atoms with Crippen LogP contribution in [0, 0.1) is 11.3 Å². The number of hydrogen-bond donors (Lipinski definition) is 1. The van der Waals surface area contributed by atoms with Crippen LogP contribution in [-0.4, -0.2) is 20.2 Å². The highest BCUT2D eigenvalue weighted by Gasteiger charge is 2.36. The topological polar surface area (TPSA) is 109 Å². The molecule has 0 saturated carbocycles. The number of carbonyl (C=O) groups excluding carboxylic acids is 1. The minimum atomic E-state index is -0.686. The van der Waals surface area contributed by atoms with E-state index in [1.165, 1.54) is 7.11 Å². The lowest BCUT2D eigenvalue weighted by Crippen LogP contribution is -2.25. The number of allylic oxidation sites excluding steroid dienone is 2. The van der Waals surface area contributed by atoms with Gasteiger partial charge < -0.3 is 19.9 Å². The first-order chi connectivity index (χ1) is 14.5. The van der Waals surface area contributed by atoms with Crippen molar-refractivity contribution in [2.24, 2.45) is 5.73 Å². The number of thioether (sulfide) groups is 1. The Morgan fingerprint density at radius 3 is 2.77 bits per heavy atom. The zero-order chi connectivity index (χ0) is 21.7. The maximum Gasteiger partial charge on any atom is 0.338 e. The Balaban J connectivity index is 2.04. The molecule has 0 aliphatic carbocycles. The minimum absolute atomic E-state index is 0.0155. The van der Waals surface area contributed by atoms with Gasteiger partial charge in [-0.15, -0.1) is 0 Å². The molecular formula is C22H22N3O4S+. The monoisotopic (exact) mass is 424 g/mol. The van der Waals surface area contributed by atoms with Crippen LogP contribution in [-0.2, 0) is 20.0 Å². The molecule has 1 unspecified atom stereocenters. The Kier molecular flexibility index (Phi) is 6.65. The van der Waals surface area contributed by atoms with Crippen LogP contribution in [0.3, 0.4) is 0 Å². The predicted octanol–water partition coefficient (Wildman–Crippen LogP) is 3.06. The Morgan fingerprint density at radius 1 is 1.33 bits per heavy atom. The van der Waals surface area contributed by atoms with Crippen molar-refractivity contribution in [3.63, 3.8) is 0 Å². The lowest BCUT2D eigenvalue weighted by Gasteiger charge is -2.27. The summed E-state index contributed by atoms with van der Waals surface area (Å²) in [4.78, 5) is 15.7. The van der Waals surface area contributed by atoms with Crippen LogP contribution in [0.25, 0.3) is 0 Å². The van der Waals surface area contributed by atoms with Gasteiger partial charge in [-0.3, -0.25) is 0 Å². The number of pyridine rings is 1. The number of ether oxygens (including phenoxy) is 3. The summed E-state index contributed by atoms with van der Waals surface area (Å²) in [5.74, 6) is 0.382. The van der Waals surface area contributed by atoms with E-state index in [4.69, 9.17) is 19.9 Å². The molecule has 0 bridgehead atoms. The number of nitrogens with zero attached hydrogens (tertiary/aromatic N) is 1. The number of benzene rings is 1. The molecule has 1 aromatic heterocycles. The number of esters is 1. The second-order valence-corrected chi connectivity index (χ2v) is 7.49. The third kappa shape index (κ3) is 4.26. The van der Waals surface area contributed by atoms with Gasteiger partial charge in [0.1, 0.15) is 23.2 Å². The Hall–Kier alpha value is -3.44. The number of rotatable bonds is 6. The number of nitrogens with one attached hydrogen (secondary N) is 1. The van der Waals surface area contributed by atoms with Crippen LogP contribution in [0.2, 0.25) is 0 Å². The number of carbonyl (C=O) groups is 1. The minimum Gasteiger partial charge on any atom is -0.496 e. The Bertz CT molecular complexity index is 1060. The number of nitrogens with two attached hydrogens (primary N) is 1. The van der Waals surface area contributed by atoms with Crippen LogP contribution in [0.4, 0.5) is 0 Å². The first-order valence-electron chi connectivity index (χ1n) is 9.13. The fourth-order valence-corrected chi connectivity index (χ4v) is 4.17. The largest absolute Gasteiger partial charge is 0.496 e. The van der Waals surface area contributed by atoms with E-state index in [0.29, 0.717) is 17.3 Å². The molecule has 2 heterocycles. The molecule has 0 amide bonds. The Morgan fingerprint density at radius 2 is 2.13 bits per heavy atom. The van der Waals surface area contributed by atoms with Crippen molar-refractivity contribution in [1.29, 1.82) is 5.26 Å². The van der Waals surface area contributed by atoms with Crippen molar-refractivity contribution >= 4 is 17.7 Å². The van der Waals surface area contributed by atoms with E-state index in [1.807, 2.05) is 42.6 Å². The molecule has 0 spiro atoms. The quantitative estimate of drug-likeness (QED) is 0.561. The molecule has 7 nitrogen and oxygen atoms in total. The van der Waals surface area contributed by atoms with Gasteiger partial charge in [0.15, 0.2) is 6.20 Å². The molecule has 1 aliphatic rings. The summed E-state index contributed by atoms with van der Waals surface area (Å²) in [6.07, 6.45) is 1.86. The normalized spacial score (nSPS) is 16.0. The number of aromatic nitrogens is 1. The molecule has 0 saturated heterocycles. The first-order valence-corrected chi connectivity index (χ1v) is 10.1. The van der Waals surface area contributed by atoms with Crippen molar-refractivity contribution in [1.82, 2.24) is 0 Å². The van der Waals surface area contributed by atoms with Gasteiger partial charge >= 0.3 is 5.97 Å². The maximum atomic E-state index is 12.5. The highest BCUT2D eigenvalue weighted by Crippen LogP contribution is 2.41. The third-order valence-corrected chi connectivity index (χ3v) is 5.73. The van der Waals surface area contributed by atoms with Crippen molar-refractivity contribution in [2.75, 3.05) is 14.2 Å². The molecule has 8 heteroatoms. The number of hydrogen-bond acceptors (Lipinski definition) is 7. The van der Waals surface area contributed by atoms with E-state index in [1.54, 1.807) is 25.8 Å². The first kappa shape index (κ1) is 21.3. The number of methoxy groups -OCH3 is 2. The van der Waals surface area contributed by atoms with Gasteiger partial charge in [-0.1, -0.05) is 23.9 Å². The summed E-state index contributed by atoms with van der Waals surface area (Å²) < 4.78 is 15.9. The van der Waals surface area contributed by atoms with Crippen molar-refractivity contribution in [3.8, 4) is 11.8 Å². The molecule has 0 fully saturated rings. The van der Waals surface area contributed by atoms with Gasteiger partial charge in [0.05, 0.1) is 25.7 Å². The summed E-state index contributed by atoms with van der Waals surface area (Å²) in [7, 11) is 2.90. The average Bonchev–Trinajstić information content (AvgIpc) is 2.77. The van der Waals surface area contributed by atoms with E-state index < -0.39 is 11.9 Å². The smallest absolute Gasteiger partial charge is 0.338 e. The van der Waals surface area contributed by atoms with E-state index in [-0.39, 0.29) is 17.0 Å². The molecule has 2 aromatic rings. The SMILES string of the molecule is COC(=O)C1=C(C)OC(N)=C(C#N)C1c1ccc(OC)c(CSc2cccc[nH+]2)c1. The van der Waals surface area contributed by atoms with Crippen molar-refractivity contribution in [3.05, 3.63) is 76.5 Å². The molecule has 154 valence electrons. The zero-order valence-corrected chi connectivity index (χ0v) is 17.7. The molecule has 1 aromatic carbocycles. The van der Waals surface area contributed by atoms with E-state index in [0.717, 1.165) is 16.2 Å². The van der Waals surface area contributed by atoms with Gasteiger partial charge in [-0.2, -0.15) is 5.26 Å². The zero-order valence-electron chi connectivity index (χ0n) is 16.9. The molecule has 1 aliphatic heterocycles. The van der Waals surface area contributed by atoms with Crippen LogP contribution in [0.5, 0.6) is 5.75 Å². The van der Waals surface area contributed by atoms with Crippen molar-refractivity contribution < 1.29 is 24.0 Å². The molecule has 0 radical (unpaired) electrons. The highest BCUT2D eigenvalue weighted by atomic mass is 32.2. The second-order valence-electron chi connectivity index (χ2n) is 6.47. The molecule has 3 rings (SSSR count). The summed E-state index contributed by atoms with van der Waals surface area (Å²) in [5.41, 5.74) is 8.02. The van der Waals surface area contributed by atoms with E-state index in [2.05, 4.69) is 11.1 Å². The third-order valence-electron chi connectivity index (χ3n) is 4.71. The van der Waals surface area contributed by atoms with Crippen LogP contribution in [0.1, 0.15) is 24.0 Å². The summed E-state index contributed by atoms with van der Waals surface area (Å²) in [5, 5.41) is 10.7. The lowest BCUT2D eigenvalue weighted by molar-refractivity contribution is -0.426. The fraction of sp³-hybridized carbons (Fsp3) is 0.227. The number of nitriles is 1. The van der Waals surface area contributed by atoms with Crippen LogP contribution in [0.15, 0.2) is 70.4 Å².